The molecule has 2 aromatic heterocycles. The largest absolute Gasteiger partial charge is 0.417 e. The van der Waals surface area contributed by atoms with Crippen LogP contribution >= 0.6 is 0 Å². The van der Waals surface area contributed by atoms with E-state index in [2.05, 4.69) is 20.1 Å². The van der Waals surface area contributed by atoms with Gasteiger partial charge in [0.15, 0.2) is 11.4 Å². The van der Waals surface area contributed by atoms with Crippen LogP contribution < -0.4 is 14.8 Å². The number of halogens is 5. The first-order chi connectivity index (χ1) is 18.5. The van der Waals surface area contributed by atoms with Gasteiger partial charge in [-0.2, -0.15) is 18.3 Å². The Bertz CT molecular complexity index is 1660. The Kier molecular flexibility index (Phi) is 7.56. The summed E-state index contributed by atoms with van der Waals surface area (Å²) in [7, 11) is -3.91. The Balaban J connectivity index is 1.62. The monoisotopic (exact) mass is 583 g/mol. The van der Waals surface area contributed by atoms with Crippen LogP contribution in [0.1, 0.15) is 38.5 Å². The summed E-state index contributed by atoms with van der Waals surface area (Å²) in [5, 5.41) is 6.15. The minimum absolute atomic E-state index is 0.0601. The number of hydrogen-bond donors (Lipinski definition) is 2. The van der Waals surface area contributed by atoms with Crippen LogP contribution in [0.2, 0.25) is 0 Å². The Morgan fingerprint density at radius 3 is 2.30 bits per heavy atom. The molecule has 2 N–H and O–H groups in total. The zero-order valence-electron chi connectivity index (χ0n) is 21.1. The van der Waals surface area contributed by atoms with Crippen LogP contribution in [-0.2, 0) is 16.2 Å². The number of anilines is 1. The van der Waals surface area contributed by atoms with Gasteiger partial charge in [0.1, 0.15) is 5.69 Å². The van der Waals surface area contributed by atoms with E-state index >= 15 is 0 Å². The summed E-state index contributed by atoms with van der Waals surface area (Å²) >= 11 is 0. The number of sulfonamides is 1. The quantitative estimate of drug-likeness (QED) is 0.268. The number of fused-ring (bicyclic) bond motifs is 1. The third-order valence-electron chi connectivity index (χ3n) is 5.23. The molecule has 0 fully saturated rings. The van der Waals surface area contributed by atoms with E-state index in [9.17, 15) is 35.2 Å². The van der Waals surface area contributed by atoms with Crippen molar-refractivity contribution >= 4 is 27.5 Å². The van der Waals surface area contributed by atoms with Crippen molar-refractivity contribution in [3.05, 3.63) is 72.1 Å². The number of hydrogen-bond acceptors (Lipinski definition) is 6. The van der Waals surface area contributed by atoms with Gasteiger partial charge in [0.25, 0.3) is 6.43 Å². The maximum atomic E-state index is 13.8. The van der Waals surface area contributed by atoms with E-state index < -0.39 is 45.5 Å². The van der Waals surface area contributed by atoms with Gasteiger partial charge in [-0.05, 0) is 57.2 Å². The average molecular weight is 584 g/mol. The molecule has 40 heavy (non-hydrogen) atoms. The van der Waals surface area contributed by atoms with Crippen molar-refractivity contribution < 1.29 is 39.9 Å². The highest BCUT2D eigenvalue weighted by Crippen LogP contribution is 2.33. The van der Waals surface area contributed by atoms with Crippen LogP contribution in [0.4, 0.5) is 32.4 Å². The lowest BCUT2D eigenvalue weighted by Crippen LogP contribution is -2.40. The van der Waals surface area contributed by atoms with Crippen molar-refractivity contribution in [2.45, 2.75) is 43.8 Å². The molecule has 0 saturated carbocycles. The van der Waals surface area contributed by atoms with Gasteiger partial charge in [-0.25, -0.2) is 36.2 Å². The Morgan fingerprint density at radius 1 is 1.02 bits per heavy atom. The molecule has 1 amide bonds. The number of amides is 1. The van der Waals surface area contributed by atoms with Crippen LogP contribution in [0.25, 0.3) is 16.9 Å². The third-order valence-corrected chi connectivity index (χ3v) is 6.99. The average Bonchev–Trinajstić information content (AvgIpc) is 3.24. The fourth-order valence-electron chi connectivity index (χ4n) is 3.62. The van der Waals surface area contributed by atoms with E-state index in [0.717, 1.165) is 41.0 Å². The van der Waals surface area contributed by atoms with E-state index in [0.29, 0.717) is 0 Å². The molecule has 0 spiro atoms. The van der Waals surface area contributed by atoms with Crippen LogP contribution in [0.3, 0.4) is 0 Å². The summed E-state index contributed by atoms with van der Waals surface area (Å²) in [5.41, 5.74) is -2.56. The van der Waals surface area contributed by atoms with E-state index in [-0.39, 0.29) is 33.2 Å². The first-order valence-corrected chi connectivity index (χ1v) is 13.0. The summed E-state index contributed by atoms with van der Waals surface area (Å²) in [6.07, 6.45) is -7.77. The van der Waals surface area contributed by atoms with Gasteiger partial charge in [0.2, 0.25) is 10.0 Å². The summed E-state index contributed by atoms with van der Waals surface area (Å²) in [6, 6.07) is 10.0. The van der Waals surface area contributed by atoms with E-state index in [4.69, 9.17) is 4.74 Å². The molecular formula is C25H22F5N5O4S. The number of ether oxygens (including phenoxy) is 1. The number of nitrogens with zero attached hydrogens (tertiary/aromatic N) is 3. The summed E-state index contributed by atoms with van der Waals surface area (Å²) in [4.78, 5) is 16.7. The molecule has 2 heterocycles. The molecule has 9 nitrogen and oxygen atoms in total. The maximum Gasteiger partial charge on any atom is 0.417 e. The molecule has 0 aliphatic carbocycles. The number of aromatic nitrogens is 3. The number of rotatable bonds is 6. The van der Waals surface area contributed by atoms with Crippen molar-refractivity contribution in [1.29, 1.82) is 0 Å². The highest BCUT2D eigenvalue weighted by molar-refractivity contribution is 7.89. The summed E-state index contributed by atoms with van der Waals surface area (Å²) in [6.45, 7) is 4.99. The van der Waals surface area contributed by atoms with Gasteiger partial charge in [0, 0.05) is 16.8 Å². The van der Waals surface area contributed by atoms with Crippen molar-refractivity contribution in [3.63, 3.8) is 0 Å². The number of nitrogens with one attached hydrogen (secondary N) is 2. The molecule has 0 radical (unpaired) electrons. The second kappa shape index (κ2) is 10.5. The number of alkyl halides is 5. The number of carbonyl (C=O) groups excluding carboxylic acids is 1. The van der Waals surface area contributed by atoms with Crippen LogP contribution in [-0.4, -0.2) is 34.6 Å². The molecule has 2 aromatic carbocycles. The van der Waals surface area contributed by atoms with Crippen LogP contribution in [0, 0.1) is 0 Å². The van der Waals surface area contributed by atoms with Gasteiger partial charge in [-0.1, -0.05) is 18.2 Å². The van der Waals surface area contributed by atoms with E-state index in [1.807, 2.05) is 0 Å². The van der Waals surface area contributed by atoms with E-state index in [1.165, 1.54) is 24.3 Å². The van der Waals surface area contributed by atoms with Gasteiger partial charge < -0.3 is 4.74 Å². The standard InChI is InChI=1S/C25H22F5N5O4S/c1-24(2,3)34-40(37,38)17-6-4-5-16(11-17)32-23(36)39-20-13-31-35-19(21(26)27)12-18(33-22(20)35)14-7-9-15(10-8-14)25(28,29)30/h4-13,21,34H,1-3H3,(H,32,36). The van der Waals surface area contributed by atoms with Crippen molar-refractivity contribution in [2.75, 3.05) is 5.32 Å². The molecule has 4 rings (SSSR count). The Morgan fingerprint density at radius 2 is 1.70 bits per heavy atom. The second-order valence-corrected chi connectivity index (χ2v) is 11.3. The molecule has 4 aromatic rings. The number of carbonyl (C=O) groups is 1. The lowest BCUT2D eigenvalue weighted by atomic mass is 10.1. The van der Waals surface area contributed by atoms with Crippen molar-refractivity contribution in [2.24, 2.45) is 0 Å². The molecule has 0 saturated heterocycles. The SMILES string of the molecule is CC(C)(C)NS(=O)(=O)c1cccc(NC(=O)Oc2cnn3c(C(F)F)cc(-c4ccc(C(F)(F)F)cc4)nc23)c1. The predicted octanol–water partition coefficient (Wildman–Crippen LogP) is 6.04. The maximum absolute atomic E-state index is 13.8. The third kappa shape index (κ3) is 6.54. The molecule has 0 aliphatic rings. The minimum Gasteiger partial charge on any atom is -0.404 e. The molecule has 0 unspecified atom stereocenters. The summed E-state index contributed by atoms with van der Waals surface area (Å²) < 4.78 is 100.0. The summed E-state index contributed by atoms with van der Waals surface area (Å²) in [5.74, 6) is -0.327. The number of benzene rings is 2. The normalized spacial score (nSPS) is 12.6. The highest BCUT2D eigenvalue weighted by atomic mass is 32.2. The zero-order chi connectivity index (χ0) is 29.5. The van der Waals surface area contributed by atoms with Crippen molar-refractivity contribution in [3.8, 4) is 17.0 Å². The molecule has 0 bridgehead atoms. The zero-order valence-corrected chi connectivity index (χ0v) is 21.9. The fourth-order valence-corrected chi connectivity index (χ4v) is 5.08. The molecule has 212 valence electrons. The molecule has 15 heteroatoms. The van der Waals surface area contributed by atoms with Gasteiger partial charge in [-0.3, -0.25) is 5.32 Å². The second-order valence-electron chi connectivity index (χ2n) is 9.58. The highest BCUT2D eigenvalue weighted by Gasteiger charge is 2.30. The van der Waals surface area contributed by atoms with Gasteiger partial charge in [0.05, 0.1) is 22.3 Å². The first-order valence-electron chi connectivity index (χ1n) is 11.5. The predicted molar refractivity (Wildman–Crippen MR) is 135 cm³/mol. The van der Waals surface area contributed by atoms with Gasteiger partial charge in [-0.15, -0.1) is 0 Å². The molecule has 0 atom stereocenters. The lowest BCUT2D eigenvalue weighted by molar-refractivity contribution is -0.137. The first kappa shape index (κ1) is 28.9. The van der Waals surface area contributed by atoms with Crippen molar-refractivity contribution in [1.82, 2.24) is 19.3 Å². The minimum atomic E-state index is -4.59. The smallest absolute Gasteiger partial charge is 0.404 e. The molecule has 0 aliphatic heterocycles. The van der Waals surface area contributed by atoms with Crippen LogP contribution in [0.5, 0.6) is 5.75 Å². The lowest BCUT2D eigenvalue weighted by Gasteiger charge is -2.20. The van der Waals surface area contributed by atoms with Gasteiger partial charge >= 0.3 is 12.3 Å². The Hall–Kier alpha value is -4.11. The Labute approximate surface area is 225 Å². The molecular weight excluding hydrogens is 561 g/mol. The van der Waals surface area contributed by atoms with E-state index in [1.54, 1.807) is 20.8 Å². The topological polar surface area (TPSA) is 115 Å². The van der Waals surface area contributed by atoms with Crippen LogP contribution in [0.15, 0.2) is 65.7 Å². The fraction of sp³-hybridized carbons (Fsp3) is 0.240.